The summed E-state index contributed by atoms with van der Waals surface area (Å²) in [5.74, 6) is 0.920. The molecule has 5 rings (SSSR count). The molecule has 1 aliphatic rings. The number of hydrogen-bond acceptors (Lipinski definition) is 3. The maximum absolute atomic E-state index is 13.4. The number of allylic oxidation sites excluding steroid dienone is 3. The summed E-state index contributed by atoms with van der Waals surface area (Å²) >= 11 is 6.75. The SMILES string of the molecule is C/C=C\N=C(C)C(C)CC.CC1CCC1.CCCC(=O)/C(=C\Cc1ccc(C)c(CC(=O)O)c1)c1cc(-c2ccc(-c3ccc(C)cc3)cc2)c(Cl)cc1C. The average Bonchev–Trinajstić information content (AvgIpc) is 3.15. The van der Waals surface area contributed by atoms with Crippen LogP contribution >= 0.6 is 11.6 Å². The fourth-order valence-corrected chi connectivity index (χ4v) is 6.49. The van der Waals surface area contributed by atoms with Crippen molar-refractivity contribution >= 4 is 34.6 Å². The summed E-state index contributed by atoms with van der Waals surface area (Å²) in [6, 6.07) is 26.6. The van der Waals surface area contributed by atoms with Gasteiger partial charge in [0.1, 0.15) is 0 Å². The number of aryl methyl sites for hydroxylation is 3. The molecule has 1 saturated carbocycles. The Balaban J connectivity index is 0.000000451. The van der Waals surface area contributed by atoms with Crippen molar-refractivity contribution in [3.63, 3.8) is 0 Å². The molecule has 292 valence electrons. The molecule has 55 heavy (non-hydrogen) atoms. The third-order valence-corrected chi connectivity index (χ3v) is 10.7. The van der Waals surface area contributed by atoms with E-state index in [0.29, 0.717) is 29.4 Å². The number of benzene rings is 4. The Kier molecular flexibility index (Phi) is 18.5. The molecule has 1 unspecified atom stereocenters. The van der Waals surface area contributed by atoms with Gasteiger partial charge in [-0.25, -0.2) is 0 Å². The lowest BCUT2D eigenvalue weighted by molar-refractivity contribution is -0.136. The van der Waals surface area contributed by atoms with E-state index < -0.39 is 5.97 Å². The van der Waals surface area contributed by atoms with E-state index in [0.717, 1.165) is 62.4 Å². The first-order chi connectivity index (χ1) is 26.3. The fourth-order valence-electron chi connectivity index (χ4n) is 6.16. The maximum Gasteiger partial charge on any atom is 0.307 e. The number of nitrogens with zero attached hydrogens (tertiary/aromatic N) is 1. The van der Waals surface area contributed by atoms with Gasteiger partial charge in [-0.15, -0.1) is 0 Å². The summed E-state index contributed by atoms with van der Waals surface area (Å²) in [7, 11) is 0. The van der Waals surface area contributed by atoms with E-state index in [4.69, 9.17) is 11.6 Å². The Labute approximate surface area is 336 Å². The minimum Gasteiger partial charge on any atom is -0.481 e. The molecule has 1 atom stereocenters. The van der Waals surface area contributed by atoms with Crippen LogP contribution in [0.2, 0.25) is 5.02 Å². The van der Waals surface area contributed by atoms with Gasteiger partial charge < -0.3 is 5.11 Å². The van der Waals surface area contributed by atoms with Gasteiger partial charge in [0, 0.05) is 34.5 Å². The van der Waals surface area contributed by atoms with Gasteiger partial charge in [0.05, 0.1) is 6.42 Å². The van der Waals surface area contributed by atoms with Crippen LogP contribution in [0, 0.1) is 32.6 Å². The van der Waals surface area contributed by atoms with Crippen LogP contribution in [0.3, 0.4) is 0 Å². The van der Waals surface area contributed by atoms with E-state index in [1.165, 1.54) is 37.0 Å². The highest BCUT2D eigenvalue weighted by Crippen LogP contribution is 2.35. The average molecular weight is 761 g/mol. The van der Waals surface area contributed by atoms with Gasteiger partial charge >= 0.3 is 5.97 Å². The fraction of sp³-hybridized carbons (Fsp3) is 0.380. The third kappa shape index (κ3) is 14.2. The number of halogens is 1. The zero-order valence-corrected chi connectivity index (χ0v) is 35.4. The molecule has 4 aromatic rings. The first-order valence-corrected chi connectivity index (χ1v) is 20.3. The van der Waals surface area contributed by atoms with Crippen LogP contribution in [0.25, 0.3) is 27.8 Å². The number of rotatable bonds is 13. The summed E-state index contributed by atoms with van der Waals surface area (Å²) in [5, 5.41) is 9.91. The van der Waals surface area contributed by atoms with Gasteiger partial charge in [0.2, 0.25) is 0 Å². The van der Waals surface area contributed by atoms with Crippen molar-refractivity contribution in [1.82, 2.24) is 0 Å². The Morgan fingerprint density at radius 1 is 0.891 bits per heavy atom. The zero-order valence-electron chi connectivity index (χ0n) is 34.6. The summed E-state index contributed by atoms with van der Waals surface area (Å²) in [4.78, 5) is 28.9. The molecule has 0 bridgehead atoms. The molecule has 0 amide bonds. The van der Waals surface area contributed by atoms with Crippen molar-refractivity contribution in [3.05, 3.63) is 136 Å². The molecule has 1 N–H and O–H groups in total. The lowest BCUT2D eigenvalue weighted by atomic mass is 9.88. The number of ketones is 1. The second kappa shape index (κ2) is 22.7. The Morgan fingerprint density at radius 2 is 1.49 bits per heavy atom. The number of hydrogen-bond donors (Lipinski definition) is 1. The Hall–Kier alpha value is -4.54. The summed E-state index contributed by atoms with van der Waals surface area (Å²) in [5.41, 5.74) is 11.8. The summed E-state index contributed by atoms with van der Waals surface area (Å²) < 4.78 is 0. The first-order valence-electron chi connectivity index (χ1n) is 19.9. The van der Waals surface area contributed by atoms with Gasteiger partial charge in [-0.3, -0.25) is 14.6 Å². The number of carboxylic acids is 1. The van der Waals surface area contributed by atoms with Crippen LogP contribution in [0.4, 0.5) is 0 Å². The number of carboxylic acid groups (broad SMARTS) is 1. The van der Waals surface area contributed by atoms with E-state index in [-0.39, 0.29) is 12.2 Å². The molecule has 0 radical (unpaired) electrons. The van der Waals surface area contributed by atoms with Crippen LogP contribution in [0.1, 0.15) is 113 Å². The molecule has 4 nitrogen and oxygen atoms in total. The molecule has 0 heterocycles. The predicted octanol–water partition coefficient (Wildman–Crippen LogP) is 14.1. The van der Waals surface area contributed by atoms with Crippen LogP contribution in [0.15, 0.2) is 102 Å². The maximum atomic E-state index is 13.4. The molecule has 5 heteroatoms. The second-order valence-electron chi connectivity index (χ2n) is 15.0. The highest BCUT2D eigenvalue weighted by atomic mass is 35.5. The third-order valence-electron chi connectivity index (χ3n) is 10.4. The number of aliphatic imine (C=N–C) groups is 1. The quantitative estimate of drug-likeness (QED) is 0.109. The molecular formula is C50H62ClNO3. The largest absolute Gasteiger partial charge is 0.481 e. The molecule has 0 saturated heterocycles. The predicted molar refractivity (Wildman–Crippen MR) is 236 cm³/mol. The van der Waals surface area contributed by atoms with Crippen molar-refractivity contribution < 1.29 is 14.7 Å². The van der Waals surface area contributed by atoms with Crippen molar-refractivity contribution in [2.75, 3.05) is 0 Å². The Bertz CT molecular complexity index is 1950. The topological polar surface area (TPSA) is 66.7 Å². The minimum absolute atomic E-state index is 0.0205. The van der Waals surface area contributed by atoms with Crippen LogP contribution < -0.4 is 0 Å². The van der Waals surface area contributed by atoms with Gasteiger partial charge in [0.25, 0.3) is 0 Å². The molecule has 1 aliphatic carbocycles. The number of aliphatic carboxylic acids is 1. The summed E-state index contributed by atoms with van der Waals surface area (Å²) in [6.07, 6.45) is 13.1. The van der Waals surface area contributed by atoms with Gasteiger partial charge in [-0.1, -0.05) is 143 Å². The first kappa shape index (κ1) is 44.9. The van der Waals surface area contributed by atoms with Crippen molar-refractivity contribution in [1.29, 1.82) is 0 Å². The molecule has 0 aliphatic heterocycles. The van der Waals surface area contributed by atoms with E-state index in [9.17, 15) is 14.7 Å². The lowest BCUT2D eigenvalue weighted by Crippen LogP contribution is -2.05. The summed E-state index contributed by atoms with van der Waals surface area (Å²) in [6.45, 7) is 18.7. The van der Waals surface area contributed by atoms with Gasteiger partial charge in [-0.05, 0) is 122 Å². The van der Waals surface area contributed by atoms with E-state index in [1.807, 2.05) is 76.4 Å². The molecule has 0 spiro atoms. The Morgan fingerprint density at radius 3 is 2.02 bits per heavy atom. The van der Waals surface area contributed by atoms with E-state index in [1.54, 1.807) is 0 Å². The van der Waals surface area contributed by atoms with Gasteiger partial charge in [-0.2, -0.15) is 0 Å². The van der Waals surface area contributed by atoms with Crippen LogP contribution in [0.5, 0.6) is 0 Å². The van der Waals surface area contributed by atoms with Crippen LogP contribution in [-0.2, 0) is 22.4 Å². The van der Waals surface area contributed by atoms with E-state index >= 15 is 0 Å². The number of carbonyl (C=O) groups excluding carboxylic acids is 1. The lowest BCUT2D eigenvalue weighted by Gasteiger charge is -2.18. The van der Waals surface area contributed by atoms with Gasteiger partial charge in [0.15, 0.2) is 5.78 Å². The highest BCUT2D eigenvalue weighted by molar-refractivity contribution is 6.33. The van der Waals surface area contributed by atoms with Crippen molar-refractivity contribution in [2.45, 2.75) is 114 Å². The van der Waals surface area contributed by atoms with Crippen molar-refractivity contribution in [2.24, 2.45) is 16.8 Å². The molecule has 1 fully saturated rings. The van der Waals surface area contributed by atoms with E-state index in [2.05, 4.69) is 88.1 Å². The molecule has 0 aromatic heterocycles. The van der Waals surface area contributed by atoms with Crippen molar-refractivity contribution in [3.8, 4) is 22.3 Å². The normalized spacial score (nSPS) is 13.6. The zero-order chi connectivity index (χ0) is 40.5. The monoisotopic (exact) mass is 759 g/mol. The molecule has 4 aromatic carbocycles. The standard InChI is InChI=1S/C36H35ClO3.C9H17N.C5H10/c1-5-6-35(38)31(18-11-26-10-9-24(3)30(20-26)21-36(39)40)32-22-33(34(37)19-25(32)4)29-16-14-28(15-17-29)27-12-7-23(2)8-13-27;1-5-7-10-9(4)8(3)6-2;1-5-3-2-4-5/h7-10,12-20,22H,5-6,11,21H2,1-4H3,(H,39,40);5,7-8H,6H2,1-4H3;5H,2-4H2,1H3/b31-18-;7-5-,10-9?;. The second-order valence-corrected chi connectivity index (χ2v) is 15.4. The number of Topliss-reactive ketones (excluding diaryl/α,β-unsaturated/α-hetero) is 1. The number of carbonyl (C=O) groups is 2. The smallest absolute Gasteiger partial charge is 0.307 e. The highest BCUT2D eigenvalue weighted by Gasteiger charge is 2.17. The minimum atomic E-state index is -0.856. The van der Waals surface area contributed by atoms with Crippen LogP contribution in [-0.4, -0.2) is 22.6 Å². The molecular weight excluding hydrogens is 698 g/mol.